The monoisotopic (exact) mass is 298 g/mol. The minimum absolute atomic E-state index is 0.727. The van der Waals surface area contributed by atoms with Crippen LogP contribution in [0.2, 0.25) is 0 Å². The Hall–Kier alpha value is 0.270. The van der Waals surface area contributed by atoms with Gasteiger partial charge in [-0.05, 0) is 69.9 Å². The van der Waals surface area contributed by atoms with Crippen molar-refractivity contribution >= 4 is 11.8 Å². The third-order valence-corrected chi connectivity index (χ3v) is 5.94. The van der Waals surface area contributed by atoms with Gasteiger partial charge in [0, 0.05) is 25.2 Å². The molecule has 20 heavy (non-hydrogen) atoms. The summed E-state index contributed by atoms with van der Waals surface area (Å²) < 4.78 is 0. The van der Waals surface area contributed by atoms with Crippen molar-refractivity contribution in [1.29, 1.82) is 0 Å². The minimum Gasteiger partial charge on any atom is -0.313 e. The standard InChI is InChI=1S/C17H34N2S/c1-14(2)19-12-15-8-7-9-16(13-19)17(15)18-10-5-4-6-11-20-3/h14-18H,4-13H2,1-3H3. The normalized spacial score (nSPS) is 30.9. The Labute approximate surface area is 130 Å². The minimum atomic E-state index is 0.727. The lowest BCUT2D eigenvalue weighted by Gasteiger charge is -2.49. The molecular formula is C17H34N2S. The molecule has 0 aromatic rings. The number of unbranched alkanes of at least 4 members (excludes halogenated alkanes) is 2. The van der Waals surface area contributed by atoms with E-state index in [1.165, 1.54) is 63.9 Å². The molecule has 0 spiro atoms. The van der Waals surface area contributed by atoms with Gasteiger partial charge in [-0.1, -0.05) is 12.8 Å². The van der Waals surface area contributed by atoms with E-state index in [1.54, 1.807) is 0 Å². The molecule has 0 aromatic heterocycles. The van der Waals surface area contributed by atoms with E-state index < -0.39 is 0 Å². The van der Waals surface area contributed by atoms with Crippen LogP contribution in [0.4, 0.5) is 0 Å². The quantitative estimate of drug-likeness (QED) is 0.689. The predicted molar refractivity (Wildman–Crippen MR) is 91.6 cm³/mol. The number of nitrogens with zero attached hydrogens (tertiary/aromatic N) is 1. The van der Waals surface area contributed by atoms with Crippen molar-refractivity contribution in [1.82, 2.24) is 10.2 Å². The van der Waals surface area contributed by atoms with Crippen LogP contribution in [0.25, 0.3) is 0 Å². The van der Waals surface area contributed by atoms with Crippen LogP contribution >= 0.6 is 11.8 Å². The molecule has 118 valence electrons. The lowest BCUT2D eigenvalue weighted by Crippen LogP contribution is -2.58. The summed E-state index contributed by atoms with van der Waals surface area (Å²) in [4.78, 5) is 2.71. The van der Waals surface area contributed by atoms with Gasteiger partial charge < -0.3 is 10.2 Å². The zero-order valence-corrected chi connectivity index (χ0v) is 14.6. The summed E-state index contributed by atoms with van der Waals surface area (Å²) in [5, 5.41) is 3.93. The first-order valence-electron chi connectivity index (χ1n) is 8.68. The predicted octanol–water partition coefficient (Wildman–Crippen LogP) is 3.62. The van der Waals surface area contributed by atoms with E-state index in [0.717, 1.165) is 23.9 Å². The second-order valence-electron chi connectivity index (χ2n) is 7.03. The van der Waals surface area contributed by atoms with Crippen LogP contribution in [0.1, 0.15) is 52.4 Å². The van der Waals surface area contributed by atoms with E-state index in [1.807, 2.05) is 11.8 Å². The number of fused-ring (bicyclic) bond motifs is 2. The topological polar surface area (TPSA) is 15.3 Å². The largest absolute Gasteiger partial charge is 0.313 e. The molecule has 2 bridgehead atoms. The number of likely N-dealkylation sites (tertiary alicyclic amines) is 1. The van der Waals surface area contributed by atoms with Crippen LogP contribution in [-0.2, 0) is 0 Å². The van der Waals surface area contributed by atoms with Crippen molar-refractivity contribution in [3.8, 4) is 0 Å². The van der Waals surface area contributed by atoms with Crippen LogP contribution in [0.3, 0.4) is 0 Å². The molecule has 1 N–H and O–H groups in total. The van der Waals surface area contributed by atoms with Gasteiger partial charge in [0.25, 0.3) is 0 Å². The molecule has 1 aliphatic heterocycles. The molecule has 1 saturated heterocycles. The van der Waals surface area contributed by atoms with E-state index in [0.29, 0.717) is 0 Å². The van der Waals surface area contributed by atoms with Gasteiger partial charge in [-0.3, -0.25) is 0 Å². The van der Waals surface area contributed by atoms with Crippen molar-refractivity contribution in [2.24, 2.45) is 11.8 Å². The Balaban J connectivity index is 1.72. The third kappa shape index (κ3) is 4.64. The van der Waals surface area contributed by atoms with Crippen molar-refractivity contribution in [2.45, 2.75) is 64.5 Å². The van der Waals surface area contributed by atoms with Crippen molar-refractivity contribution < 1.29 is 0 Å². The summed E-state index contributed by atoms with van der Waals surface area (Å²) in [7, 11) is 0. The highest BCUT2D eigenvalue weighted by Crippen LogP contribution is 2.35. The van der Waals surface area contributed by atoms with Crippen molar-refractivity contribution in [3.63, 3.8) is 0 Å². The molecule has 2 aliphatic rings. The Morgan fingerprint density at radius 3 is 2.40 bits per heavy atom. The molecule has 3 heteroatoms. The molecule has 2 unspecified atom stereocenters. The van der Waals surface area contributed by atoms with Crippen LogP contribution in [-0.4, -0.2) is 48.6 Å². The number of rotatable bonds is 8. The molecule has 0 amide bonds. The first-order valence-corrected chi connectivity index (χ1v) is 10.1. The molecule has 2 fully saturated rings. The summed E-state index contributed by atoms with van der Waals surface area (Å²) >= 11 is 1.98. The molecule has 1 saturated carbocycles. The highest BCUT2D eigenvalue weighted by Gasteiger charge is 2.39. The maximum atomic E-state index is 3.93. The maximum Gasteiger partial charge on any atom is 0.0148 e. The van der Waals surface area contributed by atoms with E-state index >= 15 is 0 Å². The second kappa shape index (κ2) is 8.65. The van der Waals surface area contributed by atoms with Gasteiger partial charge in [0.2, 0.25) is 0 Å². The van der Waals surface area contributed by atoms with Crippen molar-refractivity contribution in [3.05, 3.63) is 0 Å². The van der Waals surface area contributed by atoms with Gasteiger partial charge in [-0.2, -0.15) is 11.8 Å². The van der Waals surface area contributed by atoms with Crippen molar-refractivity contribution in [2.75, 3.05) is 31.6 Å². The highest BCUT2D eigenvalue weighted by molar-refractivity contribution is 7.98. The second-order valence-corrected chi connectivity index (χ2v) is 8.02. The molecule has 2 nitrogen and oxygen atoms in total. The van der Waals surface area contributed by atoms with Gasteiger partial charge in [0.05, 0.1) is 0 Å². The average Bonchev–Trinajstić information content (AvgIpc) is 2.41. The smallest absolute Gasteiger partial charge is 0.0148 e. The third-order valence-electron chi connectivity index (χ3n) is 5.24. The summed E-state index contributed by atoms with van der Waals surface area (Å²) in [5.41, 5.74) is 0. The Bertz CT molecular complexity index is 256. The molecule has 0 radical (unpaired) electrons. The Kier molecular flexibility index (Phi) is 7.20. The van der Waals surface area contributed by atoms with Crippen LogP contribution in [0.5, 0.6) is 0 Å². The van der Waals surface area contributed by atoms with E-state index in [2.05, 4.69) is 30.3 Å². The van der Waals surface area contributed by atoms with E-state index in [9.17, 15) is 0 Å². The fraction of sp³-hybridized carbons (Fsp3) is 1.00. The van der Waals surface area contributed by atoms with Gasteiger partial charge in [0.15, 0.2) is 0 Å². The lowest BCUT2D eigenvalue weighted by atomic mass is 9.73. The fourth-order valence-electron chi connectivity index (χ4n) is 4.04. The molecular weight excluding hydrogens is 264 g/mol. The summed E-state index contributed by atoms with van der Waals surface area (Å²) in [6.07, 6.45) is 10.7. The zero-order valence-electron chi connectivity index (χ0n) is 13.7. The van der Waals surface area contributed by atoms with Gasteiger partial charge in [-0.15, -0.1) is 0 Å². The number of piperidine rings is 1. The Morgan fingerprint density at radius 1 is 1.10 bits per heavy atom. The summed E-state index contributed by atoms with van der Waals surface area (Å²) in [6.45, 7) is 8.62. The number of thioether (sulfide) groups is 1. The molecule has 1 aliphatic carbocycles. The zero-order chi connectivity index (χ0) is 14.4. The van der Waals surface area contributed by atoms with E-state index in [-0.39, 0.29) is 0 Å². The fourth-order valence-corrected chi connectivity index (χ4v) is 4.54. The number of hydrogen-bond acceptors (Lipinski definition) is 3. The Morgan fingerprint density at radius 2 is 1.80 bits per heavy atom. The molecule has 0 aromatic carbocycles. The maximum absolute atomic E-state index is 3.93. The first kappa shape index (κ1) is 16.6. The van der Waals surface area contributed by atoms with Gasteiger partial charge in [-0.25, -0.2) is 0 Å². The molecule has 2 atom stereocenters. The summed E-state index contributed by atoms with van der Waals surface area (Å²) in [6, 6.07) is 1.55. The van der Waals surface area contributed by atoms with Gasteiger partial charge in [0.1, 0.15) is 0 Å². The number of nitrogens with one attached hydrogen (secondary N) is 1. The average molecular weight is 299 g/mol. The van der Waals surface area contributed by atoms with Gasteiger partial charge >= 0.3 is 0 Å². The molecule has 1 heterocycles. The lowest BCUT2D eigenvalue weighted by molar-refractivity contribution is 0.0297. The summed E-state index contributed by atoms with van der Waals surface area (Å²) in [5.74, 6) is 3.16. The molecule has 2 rings (SSSR count). The van der Waals surface area contributed by atoms with E-state index in [4.69, 9.17) is 0 Å². The van der Waals surface area contributed by atoms with Crippen LogP contribution in [0.15, 0.2) is 0 Å². The number of hydrogen-bond donors (Lipinski definition) is 1. The van der Waals surface area contributed by atoms with Crippen LogP contribution in [0, 0.1) is 11.8 Å². The SMILES string of the molecule is CSCCCCCNC1C2CCCC1CN(C(C)C)C2. The van der Waals surface area contributed by atoms with Crippen LogP contribution < -0.4 is 5.32 Å². The first-order chi connectivity index (χ1) is 9.72. The highest BCUT2D eigenvalue weighted by atomic mass is 32.2.